The van der Waals surface area contributed by atoms with Crippen molar-refractivity contribution in [3.05, 3.63) is 0 Å². The maximum atomic E-state index is 5.62. The van der Waals surface area contributed by atoms with Crippen LogP contribution in [0.15, 0.2) is 0 Å². The molecule has 3 N–H and O–H groups in total. The average molecular weight is 212 g/mol. The average Bonchev–Trinajstić information content (AvgIpc) is 2.52. The Hall–Kier alpha value is -0.0800. The van der Waals surface area contributed by atoms with Crippen molar-refractivity contribution < 1.29 is 0 Å². The molecule has 1 atom stereocenters. The Kier molecular flexibility index (Phi) is 7.03. The van der Waals surface area contributed by atoms with Crippen LogP contribution in [0.2, 0.25) is 0 Å². The molecule has 1 aliphatic carbocycles. The first-order valence-corrected chi connectivity index (χ1v) is 6.83. The zero-order chi connectivity index (χ0) is 10.9. The summed E-state index contributed by atoms with van der Waals surface area (Å²) in [6, 6.07) is 0.563. The lowest BCUT2D eigenvalue weighted by Crippen LogP contribution is -2.36. The minimum atomic E-state index is 0.563. The molecule has 0 saturated heterocycles. The van der Waals surface area contributed by atoms with Gasteiger partial charge < -0.3 is 0 Å². The summed E-state index contributed by atoms with van der Waals surface area (Å²) in [5.74, 6) is 6.56. The van der Waals surface area contributed by atoms with Crippen molar-refractivity contribution in [3.63, 3.8) is 0 Å². The van der Waals surface area contributed by atoms with Crippen LogP contribution in [-0.4, -0.2) is 6.04 Å². The number of unbranched alkanes of at least 4 members (excludes halogenated alkanes) is 1. The molecule has 0 spiro atoms. The summed E-state index contributed by atoms with van der Waals surface area (Å²) >= 11 is 0. The molecule has 0 bridgehead atoms. The van der Waals surface area contributed by atoms with E-state index in [4.69, 9.17) is 5.84 Å². The minimum absolute atomic E-state index is 0.563. The third-order valence-corrected chi connectivity index (χ3v) is 3.73. The Morgan fingerprint density at radius 1 is 1.20 bits per heavy atom. The summed E-state index contributed by atoms with van der Waals surface area (Å²) < 4.78 is 0. The molecule has 0 radical (unpaired) electrons. The largest absolute Gasteiger partial charge is 0.271 e. The summed E-state index contributed by atoms with van der Waals surface area (Å²) in [6.07, 6.45) is 13.8. The molecule has 0 aromatic carbocycles. The molecule has 90 valence electrons. The van der Waals surface area contributed by atoms with Gasteiger partial charge in [0, 0.05) is 6.04 Å². The molecule has 0 aliphatic heterocycles. The first-order chi connectivity index (χ1) is 7.36. The smallest absolute Gasteiger partial charge is 0.0213 e. The fourth-order valence-electron chi connectivity index (χ4n) is 2.72. The van der Waals surface area contributed by atoms with Gasteiger partial charge in [0.1, 0.15) is 0 Å². The minimum Gasteiger partial charge on any atom is -0.271 e. The molecule has 0 heterocycles. The van der Waals surface area contributed by atoms with E-state index in [1.54, 1.807) is 0 Å². The van der Waals surface area contributed by atoms with Crippen molar-refractivity contribution in [1.82, 2.24) is 5.43 Å². The van der Waals surface area contributed by atoms with Gasteiger partial charge >= 0.3 is 0 Å². The van der Waals surface area contributed by atoms with Crippen LogP contribution in [0.3, 0.4) is 0 Å². The number of nitrogens with one attached hydrogen (secondary N) is 1. The van der Waals surface area contributed by atoms with Crippen LogP contribution in [0, 0.1) is 5.92 Å². The summed E-state index contributed by atoms with van der Waals surface area (Å²) in [5.41, 5.74) is 3.00. The molecule has 15 heavy (non-hydrogen) atoms. The van der Waals surface area contributed by atoms with E-state index in [1.165, 1.54) is 64.2 Å². The molecule has 2 nitrogen and oxygen atoms in total. The lowest BCUT2D eigenvalue weighted by atomic mass is 9.91. The lowest BCUT2D eigenvalue weighted by Gasteiger charge is -2.21. The van der Waals surface area contributed by atoms with Gasteiger partial charge in [-0.1, -0.05) is 58.3 Å². The number of hydrogen-bond acceptors (Lipinski definition) is 2. The number of nitrogens with two attached hydrogens (primary N) is 1. The van der Waals surface area contributed by atoms with E-state index in [2.05, 4.69) is 12.3 Å². The Morgan fingerprint density at radius 2 is 1.87 bits per heavy atom. The van der Waals surface area contributed by atoms with Crippen molar-refractivity contribution >= 4 is 0 Å². The van der Waals surface area contributed by atoms with E-state index in [0.29, 0.717) is 6.04 Å². The Balaban J connectivity index is 2.22. The molecule has 1 saturated carbocycles. The monoisotopic (exact) mass is 212 g/mol. The topological polar surface area (TPSA) is 38.0 Å². The molecule has 0 aromatic heterocycles. The van der Waals surface area contributed by atoms with Gasteiger partial charge in [0.25, 0.3) is 0 Å². The van der Waals surface area contributed by atoms with E-state index in [9.17, 15) is 0 Å². The summed E-state index contributed by atoms with van der Waals surface area (Å²) in [4.78, 5) is 0. The van der Waals surface area contributed by atoms with Crippen molar-refractivity contribution in [2.75, 3.05) is 0 Å². The molecule has 1 unspecified atom stereocenters. The highest BCUT2D eigenvalue weighted by Gasteiger charge is 2.16. The van der Waals surface area contributed by atoms with Crippen LogP contribution < -0.4 is 11.3 Å². The second-order valence-corrected chi connectivity index (χ2v) is 5.10. The van der Waals surface area contributed by atoms with Crippen LogP contribution in [-0.2, 0) is 0 Å². The van der Waals surface area contributed by atoms with E-state index >= 15 is 0 Å². The zero-order valence-corrected chi connectivity index (χ0v) is 10.3. The summed E-state index contributed by atoms with van der Waals surface area (Å²) in [6.45, 7) is 2.25. The molecule has 1 aliphatic rings. The Labute approximate surface area is 95.0 Å². The SMILES string of the molecule is CCCCC(CC1CCCCCC1)NN. The van der Waals surface area contributed by atoms with Crippen molar-refractivity contribution in [1.29, 1.82) is 0 Å². The third kappa shape index (κ3) is 5.53. The standard InChI is InChI=1S/C13H28N2/c1-2-3-10-13(15-14)11-12-8-6-4-5-7-9-12/h12-13,15H,2-11,14H2,1H3. The van der Waals surface area contributed by atoms with Gasteiger partial charge in [0.2, 0.25) is 0 Å². The lowest BCUT2D eigenvalue weighted by molar-refractivity contribution is 0.337. The number of hydrogen-bond donors (Lipinski definition) is 2. The van der Waals surface area contributed by atoms with E-state index < -0.39 is 0 Å². The number of hydrazine groups is 1. The molecule has 1 fully saturated rings. The van der Waals surface area contributed by atoms with Gasteiger partial charge in [0.15, 0.2) is 0 Å². The molecule has 0 aromatic rings. The predicted molar refractivity (Wildman–Crippen MR) is 66.4 cm³/mol. The van der Waals surface area contributed by atoms with E-state index in [-0.39, 0.29) is 0 Å². The highest BCUT2D eigenvalue weighted by Crippen LogP contribution is 2.27. The molecule has 2 heteroatoms. The van der Waals surface area contributed by atoms with Gasteiger partial charge in [-0.15, -0.1) is 0 Å². The highest BCUT2D eigenvalue weighted by molar-refractivity contribution is 4.72. The quantitative estimate of drug-likeness (QED) is 0.402. The third-order valence-electron chi connectivity index (χ3n) is 3.73. The van der Waals surface area contributed by atoms with Gasteiger partial charge in [0.05, 0.1) is 0 Å². The maximum Gasteiger partial charge on any atom is 0.0213 e. The van der Waals surface area contributed by atoms with E-state index in [1.807, 2.05) is 0 Å². The van der Waals surface area contributed by atoms with Crippen molar-refractivity contribution in [2.24, 2.45) is 11.8 Å². The van der Waals surface area contributed by atoms with Gasteiger partial charge in [-0.3, -0.25) is 11.3 Å². The molecular weight excluding hydrogens is 184 g/mol. The zero-order valence-electron chi connectivity index (χ0n) is 10.3. The van der Waals surface area contributed by atoms with Gasteiger partial charge in [-0.05, 0) is 18.8 Å². The second-order valence-electron chi connectivity index (χ2n) is 5.10. The van der Waals surface area contributed by atoms with Crippen LogP contribution >= 0.6 is 0 Å². The highest BCUT2D eigenvalue weighted by atomic mass is 15.2. The van der Waals surface area contributed by atoms with Crippen LogP contribution in [0.4, 0.5) is 0 Å². The van der Waals surface area contributed by atoms with Crippen molar-refractivity contribution in [3.8, 4) is 0 Å². The normalized spacial score (nSPS) is 21.2. The first kappa shape index (κ1) is 13.0. The fourth-order valence-corrected chi connectivity index (χ4v) is 2.72. The number of rotatable bonds is 6. The van der Waals surface area contributed by atoms with E-state index in [0.717, 1.165) is 5.92 Å². The summed E-state index contributed by atoms with van der Waals surface area (Å²) in [7, 11) is 0. The fraction of sp³-hybridized carbons (Fsp3) is 1.00. The maximum absolute atomic E-state index is 5.62. The summed E-state index contributed by atoms with van der Waals surface area (Å²) in [5, 5.41) is 0. The Morgan fingerprint density at radius 3 is 2.40 bits per heavy atom. The van der Waals surface area contributed by atoms with Gasteiger partial charge in [-0.2, -0.15) is 0 Å². The van der Waals surface area contributed by atoms with Crippen LogP contribution in [0.1, 0.15) is 71.1 Å². The van der Waals surface area contributed by atoms with Crippen molar-refractivity contribution in [2.45, 2.75) is 77.2 Å². The molecular formula is C13H28N2. The van der Waals surface area contributed by atoms with Gasteiger partial charge in [-0.25, -0.2) is 0 Å². The van der Waals surface area contributed by atoms with Crippen LogP contribution in [0.25, 0.3) is 0 Å². The Bertz CT molecular complexity index is 139. The first-order valence-electron chi connectivity index (χ1n) is 6.83. The predicted octanol–water partition coefficient (Wildman–Crippen LogP) is 3.37. The molecule has 0 amide bonds. The van der Waals surface area contributed by atoms with Crippen LogP contribution in [0.5, 0.6) is 0 Å². The second kappa shape index (κ2) is 8.12. The molecule has 1 rings (SSSR count).